The quantitative estimate of drug-likeness (QED) is 0.552. The Morgan fingerprint density at radius 3 is 2.70 bits per heavy atom. The maximum atomic E-state index is 4.88. The molecule has 1 aliphatic rings. The lowest BCUT2D eigenvalue weighted by molar-refractivity contribution is 0.257. The Bertz CT molecular complexity index is 156. The topological polar surface area (TPSA) is 6.48 Å². The minimum Gasteiger partial charge on any atom is -0.355 e. The number of hydrogen-bond acceptors (Lipinski definition) is 3. The van der Waals surface area contributed by atoms with Gasteiger partial charge in [0.15, 0.2) is 0 Å². The summed E-state index contributed by atoms with van der Waals surface area (Å²) in [7, 11) is 2.03. The van der Waals surface area contributed by atoms with E-state index in [4.69, 9.17) is 12.2 Å². The van der Waals surface area contributed by atoms with E-state index in [1.807, 2.05) is 13.2 Å². The van der Waals surface area contributed by atoms with Crippen molar-refractivity contribution < 1.29 is 0 Å². The van der Waals surface area contributed by atoms with Gasteiger partial charge in [0, 0.05) is 31.4 Å². The number of rotatable bonds is 2. The molecule has 0 bridgehead atoms. The van der Waals surface area contributed by atoms with E-state index in [1.54, 1.807) is 5.37 Å². The average molecular weight is 156 g/mol. The Morgan fingerprint density at radius 2 is 2.30 bits per heavy atom. The summed E-state index contributed by atoms with van der Waals surface area (Å²) in [5.74, 6) is 0. The molecule has 0 aromatic rings. The van der Waals surface area contributed by atoms with Crippen LogP contribution in [0.15, 0.2) is 12.4 Å². The predicted octanol–water partition coefficient (Wildman–Crippen LogP) is 1.05. The van der Waals surface area contributed by atoms with Crippen LogP contribution in [0.25, 0.3) is 0 Å². The van der Waals surface area contributed by atoms with Crippen molar-refractivity contribution >= 4 is 17.6 Å². The summed E-state index contributed by atoms with van der Waals surface area (Å²) >= 11 is 4.88. The van der Waals surface area contributed by atoms with Gasteiger partial charge in [-0.3, -0.25) is 0 Å². The smallest absolute Gasteiger partial charge is 0.130 e. The third-order valence-corrected chi connectivity index (χ3v) is 1.98. The molecule has 0 radical (unpaired) electrons. The minimum atomic E-state index is 0.292. The lowest BCUT2D eigenvalue weighted by Crippen LogP contribution is -2.36. The van der Waals surface area contributed by atoms with Gasteiger partial charge >= 0.3 is 0 Å². The van der Waals surface area contributed by atoms with Crippen LogP contribution in [-0.4, -0.2) is 34.9 Å². The van der Waals surface area contributed by atoms with Crippen molar-refractivity contribution in [3.8, 4) is 0 Å². The highest BCUT2D eigenvalue weighted by Crippen LogP contribution is 2.10. The SMILES string of the molecule is CCN1C=CN(C)C1C=S. The van der Waals surface area contributed by atoms with Crippen LogP contribution in [0.1, 0.15) is 6.92 Å². The fraction of sp³-hybridized carbons (Fsp3) is 0.571. The normalized spacial score (nSPS) is 24.0. The summed E-state index contributed by atoms with van der Waals surface area (Å²) in [6.07, 6.45) is 4.39. The van der Waals surface area contributed by atoms with Gasteiger partial charge < -0.3 is 9.80 Å². The summed E-state index contributed by atoms with van der Waals surface area (Å²) in [6, 6.07) is 0. The molecule has 1 atom stereocenters. The largest absolute Gasteiger partial charge is 0.355 e. The Labute approximate surface area is 67.1 Å². The molecule has 10 heavy (non-hydrogen) atoms. The third kappa shape index (κ3) is 1.14. The van der Waals surface area contributed by atoms with Crippen molar-refractivity contribution in [3.05, 3.63) is 12.4 Å². The summed E-state index contributed by atoms with van der Waals surface area (Å²) in [5, 5.41) is 1.78. The highest BCUT2D eigenvalue weighted by molar-refractivity contribution is 7.79. The Morgan fingerprint density at radius 1 is 1.60 bits per heavy atom. The van der Waals surface area contributed by atoms with Crippen molar-refractivity contribution in [2.24, 2.45) is 0 Å². The second kappa shape index (κ2) is 3.01. The summed E-state index contributed by atoms with van der Waals surface area (Å²) < 4.78 is 0. The molecule has 1 unspecified atom stereocenters. The van der Waals surface area contributed by atoms with E-state index in [9.17, 15) is 0 Å². The van der Waals surface area contributed by atoms with Crippen molar-refractivity contribution in [2.45, 2.75) is 13.1 Å². The highest BCUT2D eigenvalue weighted by Gasteiger charge is 2.18. The fourth-order valence-electron chi connectivity index (χ4n) is 1.07. The molecule has 0 N–H and O–H groups in total. The van der Waals surface area contributed by atoms with E-state index in [-0.39, 0.29) is 0 Å². The van der Waals surface area contributed by atoms with Crippen LogP contribution in [0, 0.1) is 0 Å². The summed E-state index contributed by atoms with van der Waals surface area (Å²) in [6.45, 7) is 3.13. The first-order chi connectivity index (χ1) is 4.79. The maximum absolute atomic E-state index is 4.88. The van der Waals surface area contributed by atoms with E-state index in [0.717, 1.165) is 6.54 Å². The van der Waals surface area contributed by atoms with Crippen LogP contribution in [0.5, 0.6) is 0 Å². The van der Waals surface area contributed by atoms with Gasteiger partial charge in [0.1, 0.15) is 6.17 Å². The number of nitrogens with zero attached hydrogens (tertiary/aromatic N) is 2. The van der Waals surface area contributed by atoms with Gasteiger partial charge in [-0.05, 0) is 6.92 Å². The molecule has 3 heteroatoms. The molecular formula is C7H12N2S. The molecule has 0 spiro atoms. The van der Waals surface area contributed by atoms with Gasteiger partial charge in [-0.2, -0.15) is 0 Å². The molecule has 1 rings (SSSR count). The van der Waals surface area contributed by atoms with Crippen LogP contribution in [-0.2, 0) is 0 Å². The molecule has 0 aromatic heterocycles. The first-order valence-electron chi connectivity index (χ1n) is 3.41. The number of thiocarbonyl (C=S) groups is 1. The zero-order valence-electron chi connectivity index (χ0n) is 6.32. The van der Waals surface area contributed by atoms with Crippen molar-refractivity contribution in [1.29, 1.82) is 0 Å². The van der Waals surface area contributed by atoms with Gasteiger partial charge in [-0.25, -0.2) is 0 Å². The monoisotopic (exact) mass is 156 g/mol. The van der Waals surface area contributed by atoms with Crippen molar-refractivity contribution in [2.75, 3.05) is 13.6 Å². The van der Waals surface area contributed by atoms with E-state index >= 15 is 0 Å². The van der Waals surface area contributed by atoms with E-state index in [0.29, 0.717) is 6.17 Å². The molecule has 1 aliphatic heterocycles. The van der Waals surface area contributed by atoms with Crippen LogP contribution >= 0.6 is 12.2 Å². The van der Waals surface area contributed by atoms with Gasteiger partial charge in [-0.1, -0.05) is 12.2 Å². The van der Waals surface area contributed by atoms with Gasteiger partial charge in [0.2, 0.25) is 0 Å². The Balaban J connectivity index is 2.61. The zero-order chi connectivity index (χ0) is 7.56. The van der Waals surface area contributed by atoms with Crippen LogP contribution in [0.2, 0.25) is 0 Å². The molecule has 0 aromatic carbocycles. The van der Waals surface area contributed by atoms with E-state index in [2.05, 4.69) is 22.9 Å². The Hall–Kier alpha value is -0.570. The summed E-state index contributed by atoms with van der Waals surface area (Å²) in [4.78, 5) is 4.28. The van der Waals surface area contributed by atoms with Crippen LogP contribution in [0.4, 0.5) is 0 Å². The third-order valence-electron chi connectivity index (χ3n) is 1.74. The molecular weight excluding hydrogens is 144 g/mol. The van der Waals surface area contributed by atoms with Crippen LogP contribution in [0.3, 0.4) is 0 Å². The molecule has 56 valence electrons. The minimum absolute atomic E-state index is 0.292. The first kappa shape index (κ1) is 7.54. The van der Waals surface area contributed by atoms with Crippen molar-refractivity contribution in [1.82, 2.24) is 9.80 Å². The second-order valence-electron chi connectivity index (χ2n) is 2.34. The van der Waals surface area contributed by atoms with Gasteiger partial charge in [0.25, 0.3) is 0 Å². The highest BCUT2D eigenvalue weighted by atomic mass is 32.1. The fourth-order valence-corrected chi connectivity index (χ4v) is 1.42. The first-order valence-corrected chi connectivity index (χ1v) is 3.88. The van der Waals surface area contributed by atoms with Gasteiger partial charge in [-0.15, -0.1) is 0 Å². The maximum Gasteiger partial charge on any atom is 0.130 e. The second-order valence-corrected chi connectivity index (χ2v) is 2.62. The molecule has 2 nitrogen and oxygen atoms in total. The molecule has 0 saturated heterocycles. The molecule has 0 fully saturated rings. The molecule has 1 heterocycles. The standard InChI is InChI=1S/C7H12N2S/c1-3-9-5-4-8(2)7(9)6-10/h4-7H,3H2,1-2H3. The van der Waals surface area contributed by atoms with Crippen LogP contribution < -0.4 is 0 Å². The zero-order valence-corrected chi connectivity index (χ0v) is 7.14. The average Bonchev–Trinajstić information content (AvgIpc) is 2.30. The molecule has 0 aliphatic carbocycles. The lowest BCUT2D eigenvalue weighted by Gasteiger charge is -2.25. The van der Waals surface area contributed by atoms with E-state index in [1.165, 1.54) is 0 Å². The lowest BCUT2D eigenvalue weighted by atomic mass is 10.5. The Kier molecular flexibility index (Phi) is 2.27. The number of hydrogen-bond donors (Lipinski definition) is 0. The van der Waals surface area contributed by atoms with Crippen molar-refractivity contribution in [3.63, 3.8) is 0 Å². The summed E-state index contributed by atoms with van der Waals surface area (Å²) in [5.41, 5.74) is 0. The van der Waals surface area contributed by atoms with Gasteiger partial charge in [0.05, 0.1) is 0 Å². The molecule has 0 amide bonds. The van der Waals surface area contributed by atoms with E-state index < -0.39 is 0 Å². The predicted molar refractivity (Wildman–Crippen MR) is 46.7 cm³/mol. The molecule has 0 saturated carbocycles.